The fourth-order valence-electron chi connectivity index (χ4n) is 1.07. The average molecular weight is 200 g/mol. The Balaban J connectivity index is 2.79. The van der Waals surface area contributed by atoms with Crippen molar-refractivity contribution in [1.82, 2.24) is 5.32 Å². The fraction of sp³-hybridized carbons (Fsp3) is 0.500. The highest BCUT2D eigenvalue weighted by atomic mass is 32.2. The van der Waals surface area contributed by atoms with Gasteiger partial charge >= 0.3 is 0 Å². The van der Waals surface area contributed by atoms with Gasteiger partial charge in [-0.3, -0.25) is 10.1 Å². The highest BCUT2D eigenvalue weighted by Gasteiger charge is 2.19. The number of hydrogen-bond acceptors (Lipinski definition) is 4. The van der Waals surface area contributed by atoms with Crippen LogP contribution in [0.5, 0.6) is 0 Å². The summed E-state index contributed by atoms with van der Waals surface area (Å²) in [6, 6.07) is 0. The zero-order valence-electron chi connectivity index (χ0n) is 7.28. The van der Waals surface area contributed by atoms with Gasteiger partial charge in [-0.1, -0.05) is 6.08 Å². The molecule has 1 aliphatic rings. The molecule has 5 heteroatoms. The molecule has 1 heterocycles. The second-order valence-electron chi connectivity index (χ2n) is 2.65. The maximum Gasteiger partial charge on any atom is 0.279 e. The van der Waals surface area contributed by atoms with E-state index in [1.165, 1.54) is 11.8 Å². The van der Waals surface area contributed by atoms with Crippen LogP contribution in [0.15, 0.2) is 23.4 Å². The Kier molecular flexibility index (Phi) is 3.82. The highest BCUT2D eigenvalue weighted by Crippen LogP contribution is 2.23. The lowest BCUT2D eigenvalue weighted by Gasteiger charge is -2.15. The van der Waals surface area contributed by atoms with Gasteiger partial charge < -0.3 is 5.32 Å². The van der Waals surface area contributed by atoms with E-state index in [4.69, 9.17) is 0 Å². The molecule has 0 amide bonds. The van der Waals surface area contributed by atoms with Crippen molar-refractivity contribution in [3.63, 3.8) is 0 Å². The van der Waals surface area contributed by atoms with E-state index in [2.05, 4.69) is 11.9 Å². The number of nitro groups is 1. The molecule has 1 aliphatic heterocycles. The van der Waals surface area contributed by atoms with Crippen molar-refractivity contribution in [2.24, 2.45) is 0 Å². The molecule has 0 aromatic heterocycles. The van der Waals surface area contributed by atoms with Crippen LogP contribution in [0.2, 0.25) is 0 Å². The van der Waals surface area contributed by atoms with Crippen LogP contribution in [0.3, 0.4) is 0 Å². The van der Waals surface area contributed by atoms with E-state index in [1.54, 1.807) is 6.08 Å². The predicted octanol–water partition coefficient (Wildman–Crippen LogP) is 1.73. The van der Waals surface area contributed by atoms with Crippen LogP contribution in [0.1, 0.15) is 12.8 Å². The molecule has 1 saturated heterocycles. The Labute approximate surface area is 81.2 Å². The Bertz CT molecular complexity index is 243. The van der Waals surface area contributed by atoms with E-state index >= 15 is 0 Å². The van der Waals surface area contributed by atoms with Crippen LogP contribution < -0.4 is 5.32 Å². The summed E-state index contributed by atoms with van der Waals surface area (Å²) in [6.07, 6.45) is 2.94. The third-order valence-electron chi connectivity index (χ3n) is 1.67. The molecule has 0 bridgehead atoms. The van der Waals surface area contributed by atoms with Crippen molar-refractivity contribution in [2.75, 3.05) is 12.3 Å². The van der Waals surface area contributed by atoms with Gasteiger partial charge in [-0.25, -0.2) is 0 Å². The molecule has 0 aromatic carbocycles. The highest BCUT2D eigenvalue weighted by molar-refractivity contribution is 8.03. The molecule has 0 aliphatic carbocycles. The largest absolute Gasteiger partial charge is 0.375 e. The quantitative estimate of drug-likeness (QED) is 0.428. The van der Waals surface area contributed by atoms with Crippen molar-refractivity contribution in [2.45, 2.75) is 12.8 Å². The number of thioether (sulfide) groups is 1. The van der Waals surface area contributed by atoms with Gasteiger partial charge in [0.25, 0.3) is 5.70 Å². The molecular weight excluding hydrogens is 188 g/mol. The Hall–Kier alpha value is -0.970. The van der Waals surface area contributed by atoms with Gasteiger partial charge in [0, 0.05) is 12.3 Å². The maximum absolute atomic E-state index is 10.6. The van der Waals surface area contributed by atoms with Gasteiger partial charge in [0.2, 0.25) is 0 Å². The summed E-state index contributed by atoms with van der Waals surface area (Å²) >= 11 is 1.52. The van der Waals surface area contributed by atoms with Gasteiger partial charge in [-0.2, -0.15) is 0 Å². The zero-order valence-corrected chi connectivity index (χ0v) is 8.10. The van der Waals surface area contributed by atoms with Gasteiger partial charge in [0.1, 0.15) is 5.03 Å². The van der Waals surface area contributed by atoms with Crippen LogP contribution in [0.25, 0.3) is 0 Å². The van der Waals surface area contributed by atoms with E-state index < -0.39 is 0 Å². The number of nitrogens with one attached hydrogen (secondary N) is 1. The number of hydrogen-bond donors (Lipinski definition) is 1. The molecule has 13 heavy (non-hydrogen) atoms. The molecule has 72 valence electrons. The molecule has 0 saturated carbocycles. The van der Waals surface area contributed by atoms with E-state index in [0.29, 0.717) is 11.4 Å². The second-order valence-corrected chi connectivity index (χ2v) is 3.76. The maximum atomic E-state index is 10.6. The van der Waals surface area contributed by atoms with E-state index in [-0.39, 0.29) is 10.6 Å². The molecule has 0 atom stereocenters. The van der Waals surface area contributed by atoms with Crippen LogP contribution >= 0.6 is 11.8 Å². The van der Waals surface area contributed by atoms with E-state index in [9.17, 15) is 10.1 Å². The third-order valence-corrected chi connectivity index (χ3v) is 2.83. The second kappa shape index (κ2) is 4.91. The normalized spacial score (nSPS) is 20.3. The van der Waals surface area contributed by atoms with Gasteiger partial charge in [0.15, 0.2) is 0 Å². The third kappa shape index (κ3) is 2.77. The minimum Gasteiger partial charge on any atom is -0.375 e. The molecule has 0 radical (unpaired) electrons. The number of allylic oxidation sites excluding steroid dienone is 1. The van der Waals surface area contributed by atoms with Crippen molar-refractivity contribution in [3.8, 4) is 0 Å². The zero-order chi connectivity index (χ0) is 9.68. The van der Waals surface area contributed by atoms with E-state index in [0.717, 1.165) is 18.7 Å². The first-order valence-electron chi connectivity index (χ1n) is 4.11. The van der Waals surface area contributed by atoms with Crippen molar-refractivity contribution in [1.29, 1.82) is 0 Å². The summed E-state index contributed by atoms with van der Waals surface area (Å²) < 4.78 is 0. The van der Waals surface area contributed by atoms with Gasteiger partial charge in [0.05, 0.1) is 11.3 Å². The number of rotatable bonds is 3. The van der Waals surface area contributed by atoms with Crippen LogP contribution in [-0.2, 0) is 0 Å². The summed E-state index contributed by atoms with van der Waals surface area (Å²) in [4.78, 5) is 10.3. The summed E-state index contributed by atoms with van der Waals surface area (Å²) in [5.41, 5.74) is 0.236. The minimum atomic E-state index is -0.331. The van der Waals surface area contributed by atoms with E-state index in [1.807, 2.05) is 0 Å². The minimum absolute atomic E-state index is 0.236. The molecule has 1 N–H and O–H groups in total. The lowest BCUT2D eigenvalue weighted by molar-refractivity contribution is -0.427. The fourth-order valence-corrected chi connectivity index (χ4v) is 2.09. The Morgan fingerprint density at radius 1 is 1.85 bits per heavy atom. The number of nitrogens with zero attached hydrogens (tertiary/aromatic N) is 1. The van der Waals surface area contributed by atoms with Crippen molar-refractivity contribution in [3.05, 3.63) is 33.5 Å². The van der Waals surface area contributed by atoms with Crippen molar-refractivity contribution < 1.29 is 4.92 Å². The topological polar surface area (TPSA) is 55.2 Å². The summed E-state index contributed by atoms with van der Waals surface area (Å²) in [5.74, 6) is 0.955. The molecule has 1 fully saturated rings. The first-order chi connectivity index (χ1) is 6.25. The lowest BCUT2D eigenvalue weighted by atomic mass is 10.3. The summed E-state index contributed by atoms with van der Waals surface area (Å²) in [7, 11) is 0. The Morgan fingerprint density at radius 3 is 3.08 bits per heavy atom. The average Bonchev–Trinajstić information content (AvgIpc) is 2.15. The standard InChI is InChI=1S/C8H12N2O2S/c1-2-4-7(10(11)12)8-9-5-3-6-13-8/h2,9H,1,3-6H2/b8-7-. The van der Waals surface area contributed by atoms with Gasteiger partial charge in [-0.15, -0.1) is 18.3 Å². The van der Waals surface area contributed by atoms with Crippen LogP contribution in [0.4, 0.5) is 0 Å². The van der Waals surface area contributed by atoms with Crippen molar-refractivity contribution >= 4 is 11.8 Å². The lowest BCUT2D eigenvalue weighted by Crippen LogP contribution is -2.22. The SMILES string of the molecule is C=CC/C(=C1\NCCCS1)[N+](=O)[O-]. The molecule has 1 rings (SSSR count). The molecular formula is C8H12N2O2S. The first kappa shape index (κ1) is 10.1. The Morgan fingerprint density at radius 2 is 2.62 bits per heavy atom. The summed E-state index contributed by atoms with van der Waals surface area (Å²) in [6.45, 7) is 4.33. The first-order valence-corrected chi connectivity index (χ1v) is 5.09. The predicted molar refractivity (Wildman–Crippen MR) is 53.9 cm³/mol. The molecule has 0 spiro atoms. The van der Waals surface area contributed by atoms with Crippen LogP contribution in [-0.4, -0.2) is 17.2 Å². The molecule has 0 aromatic rings. The van der Waals surface area contributed by atoms with Crippen LogP contribution in [0, 0.1) is 10.1 Å². The summed E-state index contributed by atoms with van der Waals surface area (Å²) in [5, 5.41) is 14.4. The van der Waals surface area contributed by atoms with Gasteiger partial charge in [-0.05, 0) is 6.42 Å². The smallest absolute Gasteiger partial charge is 0.279 e. The molecule has 4 nitrogen and oxygen atoms in total. The monoisotopic (exact) mass is 200 g/mol. The molecule has 0 unspecified atom stereocenters.